The average Bonchev–Trinajstić information content (AvgIpc) is 2.64. The molecule has 116 valence electrons. The number of hydrogen-bond acceptors (Lipinski definition) is 2. The van der Waals surface area contributed by atoms with Gasteiger partial charge < -0.3 is 10.4 Å². The molecule has 0 spiro atoms. The fourth-order valence-corrected chi connectivity index (χ4v) is 2.99. The highest BCUT2D eigenvalue weighted by Crippen LogP contribution is 2.37. The van der Waals surface area contributed by atoms with Gasteiger partial charge in [-0.2, -0.15) is 0 Å². The Morgan fingerprint density at radius 3 is 2.12 bits per heavy atom. The Balaban J connectivity index is 1.90. The van der Waals surface area contributed by atoms with Crippen LogP contribution in [0.2, 0.25) is 0 Å². The number of nitrogens with one attached hydrogen (secondary N) is 1. The molecule has 0 bridgehead atoms. The van der Waals surface area contributed by atoms with Crippen molar-refractivity contribution >= 4 is 22.1 Å². The summed E-state index contributed by atoms with van der Waals surface area (Å²) in [5.41, 5.74) is 4.35. The summed E-state index contributed by atoms with van der Waals surface area (Å²) in [6.07, 6.45) is 0. The van der Waals surface area contributed by atoms with E-state index in [4.69, 9.17) is 0 Å². The fourth-order valence-electron chi connectivity index (χ4n) is 2.99. The Hall–Kier alpha value is -3.26. The van der Waals surface area contributed by atoms with E-state index in [1.165, 1.54) is 21.9 Å². The second kappa shape index (κ2) is 6.09. The first kappa shape index (κ1) is 14.3. The molecule has 0 aliphatic heterocycles. The normalized spacial score (nSPS) is 10.7. The average molecular weight is 311 g/mol. The van der Waals surface area contributed by atoms with Crippen LogP contribution in [-0.4, -0.2) is 5.11 Å². The van der Waals surface area contributed by atoms with Crippen LogP contribution in [0.1, 0.15) is 0 Å². The largest absolute Gasteiger partial charge is 0.508 e. The predicted octanol–water partition coefficient (Wildman–Crippen LogP) is 5.96. The van der Waals surface area contributed by atoms with Gasteiger partial charge in [0.2, 0.25) is 0 Å². The number of hydrogen-bond donors (Lipinski definition) is 2. The number of rotatable bonds is 3. The van der Waals surface area contributed by atoms with Gasteiger partial charge in [0.15, 0.2) is 0 Å². The van der Waals surface area contributed by atoms with E-state index in [-0.39, 0.29) is 5.75 Å². The Bertz CT molecular complexity index is 976. The second-order valence-electron chi connectivity index (χ2n) is 5.75. The first-order valence-electron chi connectivity index (χ1n) is 7.94. The van der Waals surface area contributed by atoms with Crippen molar-refractivity contribution in [3.8, 4) is 16.9 Å². The van der Waals surface area contributed by atoms with Crippen LogP contribution in [-0.2, 0) is 0 Å². The van der Waals surface area contributed by atoms with Crippen LogP contribution in [0.3, 0.4) is 0 Å². The van der Waals surface area contributed by atoms with E-state index in [9.17, 15) is 5.11 Å². The smallest absolute Gasteiger partial charge is 0.115 e. The molecule has 0 aliphatic rings. The van der Waals surface area contributed by atoms with Crippen LogP contribution in [0.5, 0.6) is 5.75 Å². The molecule has 4 rings (SSSR count). The van der Waals surface area contributed by atoms with Crippen LogP contribution in [0, 0.1) is 0 Å². The van der Waals surface area contributed by atoms with Gasteiger partial charge in [-0.15, -0.1) is 0 Å². The van der Waals surface area contributed by atoms with Crippen LogP contribution in [0.15, 0.2) is 91.0 Å². The number of aromatic hydroxyl groups is 1. The van der Waals surface area contributed by atoms with Gasteiger partial charge >= 0.3 is 0 Å². The summed E-state index contributed by atoms with van der Waals surface area (Å²) >= 11 is 0. The van der Waals surface area contributed by atoms with E-state index < -0.39 is 0 Å². The van der Waals surface area contributed by atoms with Gasteiger partial charge in [-0.05, 0) is 46.7 Å². The maximum Gasteiger partial charge on any atom is 0.115 e. The molecule has 0 atom stereocenters. The summed E-state index contributed by atoms with van der Waals surface area (Å²) in [5.74, 6) is 0.266. The zero-order valence-corrected chi connectivity index (χ0v) is 13.1. The Kier molecular flexibility index (Phi) is 3.64. The first-order valence-corrected chi connectivity index (χ1v) is 7.94. The molecule has 0 amide bonds. The van der Waals surface area contributed by atoms with E-state index in [0.29, 0.717) is 0 Å². The Morgan fingerprint density at radius 2 is 1.33 bits per heavy atom. The molecule has 24 heavy (non-hydrogen) atoms. The van der Waals surface area contributed by atoms with E-state index >= 15 is 0 Å². The number of phenols is 1. The maximum atomic E-state index is 9.47. The quantitative estimate of drug-likeness (QED) is 0.458. The second-order valence-corrected chi connectivity index (χ2v) is 5.75. The number of fused-ring (bicyclic) bond motifs is 1. The van der Waals surface area contributed by atoms with Crippen LogP contribution < -0.4 is 5.32 Å². The van der Waals surface area contributed by atoms with Gasteiger partial charge in [0.25, 0.3) is 0 Å². The van der Waals surface area contributed by atoms with E-state index in [1.54, 1.807) is 12.1 Å². The monoisotopic (exact) mass is 311 g/mol. The first-order chi connectivity index (χ1) is 11.8. The summed E-state index contributed by atoms with van der Waals surface area (Å²) in [6, 6.07) is 30.2. The number of benzene rings is 4. The third-order valence-electron chi connectivity index (χ3n) is 4.14. The molecule has 4 aromatic carbocycles. The molecule has 0 aromatic heterocycles. The predicted molar refractivity (Wildman–Crippen MR) is 101 cm³/mol. The van der Waals surface area contributed by atoms with E-state index in [0.717, 1.165) is 11.4 Å². The van der Waals surface area contributed by atoms with Gasteiger partial charge in [-0.3, -0.25) is 0 Å². The third kappa shape index (κ3) is 2.70. The van der Waals surface area contributed by atoms with Crippen molar-refractivity contribution in [1.82, 2.24) is 0 Å². The molecule has 4 aromatic rings. The molecular formula is C22H17NO. The number of phenolic OH excluding ortho intramolecular Hbond substituents is 1. The van der Waals surface area contributed by atoms with Crippen molar-refractivity contribution in [1.29, 1.82) is 0 Å². The van der Waals surface area contributed by atoms with Crippen molar-refractivity contribution in [3.05, 3.63) is 91.0 Å². The van der Waals surface area contributed by atoms with Gasteiger partial charge in [-0.1, -0.05) is 60.7 Å². The SMILES string of the molecule is Oc1ccc(Nc2ccc3ccccc3c2-c2ccccc2)cc1. The molecule has 0 saturated heterocycles. The summed E-state index contributed by atoms with van der Waals surface area (Å²) < 4.78 is 0. The molecule has 0 saturated carbocycles. The van der Waals surface area contributed by atoms with E-state index in [2.05, 4.69) is 66.0 Å². The van der Waals surface area contributed by atoms with Crippen LogP contribution >= 0.6 is 0 Å². The minimum atomic E-state index is 0.266. The highest BCUT2D eigenvalue weighted by Gasteiger charge is 2.10. The minimum absolute atomic E-state index is 0.266. The zero-order chi connectivity index (χ0) is 16.4. The molecule has 0 aliphatic carbocycles. The van der Waals surface area contributed by atoms with Crippen molar-refractivity contribution in [2.24, 2.45) is 0 Å². The maximum absolute atomic E-state index is 9.47. The number of anilines is 2. The van der Waals surface area contributed by atoms with Crippen molar-refractivity contribution in [2.45, 2.75) is 0 Å². The van der Waals surface area contributed by atoms with Gasteiger partial charge in [0.05, 0.1) is 0 Å². The molecule has 0 unspecified atom stereocenters. The molecule has 0 heterocycles. The highest BCUT2D eigenvalue weighted by molar-refractivity contribution is 6.03. The topological polar surface area (TPSA) is 32.3 Å². The summed E-state index contributed by atoms with van der Waals surface area (Å²) in [7, 11) is 0. The van der Waals surface area contributed by atoms with Gasteiger partial charge in [0, 0.05) is 16.9 Å². The summed E-state index contributed by atoms with van der Waals surface area (Å²) in [5, 5.41) is 15.4. The molecule has 0 fully saturated rings. The Labute approximate surface area is 141 Å². The third-order valence-corrected chi connectivity index (χ3v) is 4.14. The molecule has 2 nitrogen and oxygen atoms in total. The molecule has 0 radical (unpaired) electrons. The van der Waals surface area contributed by atoms with Crippen LogP contribution in [0.25, 0.3) is 21.9 Å². The lowest BCUT2D eigenvalue weighted by atomic mass is 9.96. The van der Waals surface area contributed by atoms with Gasteiger partial charge in [0.1, 0.15) is 5.75 Å². The van der Waals surface area contributed by atoms with Crippen molar-refractivity contribution in [3.63, 3.8) is 0 Å². The van der Waals surface area contributed by atoms with E-state index in [1.807, 2.05) is 18.2 Å². The molecular weight excluding hydrogens is 294 g/mol. The molecule has 2 heteroatoms. The Morgan fingerprint density at radius 1 is 0.625 bits per heavy atom. The van der Waals surface area contributed by atoms with Crippen molar-refractivity contribution < 1.29 is 5.11 Å². The lowest BCUT2D eigenvalue weighted by Crippen LogP contribution is -1.94. The zero-order valence-electron chi connectivity index (χ0n) is 13.1. The highest BCUT2D eigenvalue weighted by atomic mass is 16.3. The molecule has 2 N–H and O–H groups in total. The van der Waals surface area contributed by atoms with Gasteiger partial charge in [-0.25, -0.2) is 0 Å². The standard InChI is InChI=1S/C22H17NO/c24-19-13-11-18(12-14-19)23-21-15-10-16-6-4-5-9-20(16)22(21)17-7-2-1-3-8-17/h1-15,23-24H. The van der Waals surface area contributed by atoms with Crippen LogP contribution in [0.4, 0.5) is 11.4 Å². The minimum Gasteiger partial charge on any atom is -0.508 e. The lowest BCUT2D eigenvalue weighted by Gasteiger charge is -2.15. The summed E-state index contributed by atoms with van der Waals surface area (Å²) in [6.45, 7) is 0. The fraction of sp³-hybridized carbons (Fsp3) is 0. The lowest BCUT2D eigenvalue weighted by molar-refractivity contribution is 0.475. The van der Waals surface area contributed by atoms with Crippen molar-refractivity contribution in [2.75, 3.05) is 5.32 Å². The summed E-state index contributed by atoms with van der Waals surface area (Å²) in [4.78, 5) is 0.